The van der Waals surface area contributed by atoms with Crippen LogP contribution in [0.15, 0.2) is 24.3 Å². The molecule has 0 radical (unpaired) electrons. The third-order valence-electron chi connectivity index (χ3n) is 3.57. The lowest BCUT2D eigenvalue weighted by Gasteiger charge is -2.18. The summed E-state index contributed by atoms with van der Waals surface area (Å²) in [4.78, 5) is 4.69. The second kappa shape index (κ2) is 6.86. The molecule has 0 amide bonds. The van der Waals surface area contributed by atoms with Gasteiger partial charge in [0.05, 0.1) is 24.2 Å². The molecule has 4 nitrogen and oxygen atoms in total. The predicted octanol–water partition coefficient (Wildman–Crippen LogP) is 2.55. The SMILES string of the molecule is CCn1c(CNC(CO)CC(C)C)nc2ccccc21. The summed E-state index contributed by atoms with van der Waals surface area (Å²) in [6.45, 7) is 8.25. The summed E-state index contributed by atoms with van der Waals surface area (Å²) in [5.41, 5.74) is 2.21. The predicted molar refractivity (Wildman–Crippen MR) is 82.6 cm³/mol. The van der Waals surface area contributed by atoms with E-state index in [1.165, 1.54) is 5.52 Å². The number of imidazole rings is 1. The van der Waals surface area contributed by atoms with Crippen LogP contribution in [0.3, 0.4) is 0 Å². The van der Waals surface area contributed by atoms with Gasteiger partial charge in [-0.05, 0) is 31.4 Å². The van der Waals surface area contributed by atoms with Crippen LogP contribution in [-0.2, 0) is 13.1 Å². The summed E-state index contributed by atoms with van der Waals surface area (Å²) in [5, 5.41) is 12.8. The van der Waals surface area contributed by atoms with Crippen molar-refractivity contribution in [2.45, 2.75) is 46.3 Å². The number of para-hydroxylation sites is 2. The van der Waals surface area contributed by atoms with Gasteiger partial charge in [-0.3, -0.25) is 0 Å². The molecule has 0 spiro atoms. The van der Waals surface area contributed by atoms with E-state index in [-0.39, 0.29) is 12.6 Å². The molecule has 1 unspecified atom stereocenters. The molecule has 1 aromatic carbocycles. The highest BCUT2D eigenvalue weighted by atomic mass is 16.3. The molecule has 0 bridgehead atoms. The van der Waals surface area contributed by atoms with Gasteiger partial charge in [-0.2, -0.15) is 0 Å². The van der Waals surface area contributed by atoms with Crippen LogP contribution in [0.2, 0.25) is 0 Å². The normalized spacial score (nSPS) is 13.2. The molecule has 2 rings (SSSR count). The Bertz CT molecular complexity index is 548. The quantitative estimate of drug-likeness (QED) is 0.816. The van der Waals surface area contributed by atoms with E-state index in [1.807, 2.05) is 18.2 Å². The number of rotatable bonds is 7. The van der Waals surface area contributed by atoms with Crippen LogP contribution < -0.4 is 5.32 Å². The number of nitrogens with zero attached hydrogens (tertiary/aromatic N) is 2. The molecule has 0 saturated carbocycles. The maximum Gasteiger partial charge on any atom is 0.123 e. The summed E-state index contributed by atoms with van der Waals surface area (Å²) >= 11 is 0. The van der Waals surface area contributed by atoms with Crippen LogP contribution >= 0.6 is 0 Å². The number of hydrogen-bond donors (Lipinski definition) is 2. The minimum atomic E-state index is 0.139. The van der Waals surface area contributed by atoms with Crippen molar-refractivity contribution in [3.05, 3.63) is 30.1 Å². The van der Waals surface area contributed by atoms with Crippen LogP contribution in [0, 0.1) is 5.92 Å². The minimum absolute atomic E-state index is 0.139. The van der Waals surface area contributed by atoms with E-state index in [2.05, 4.69) is 41.7 Å². The summed E-state index contributed by atoms with van der Waals surface area (Å²) in [6.07, 6.45) is 0.975. The zero-order chi connectivity index (χ0) is 14.5. The molecule has 2 aromatic rings. The van der Waals surface area contributed by atoms with Crippen LogP contribution in [0.1, 0.15) is 33.0 Å². The van der Waals surface area contributed by atoms with Crippen molar-refractivity contribution in [3.8, 4) is 0 Å². The van der Waals surface area contributed by atoms with Crippen molar-refractivity contribution in [3.63, 3.8) is 0 Å². The second-order valence-corrected chi connectivity index (χ2v) is 5.65. The Morgan fingerprint density at radius 1 is 1.30 bits per heavy atom. The first-order valence-electron chi connectivity index (χ1n) is 7.44. The third kappa shape index (κ3) is 3.38. The summed E-state index contributed by atoms with van der Waals surface area (Å²) in [5.74, 6) is 1.61. The van der Waals surface area contributed by atoms with E-state index >= 15 is 0 Å². The molecule has 110 valence electrons. The molecule has 0 aliphatic heterocycles. The Labute approximate surface area is 120 Å². The zero-order valence-corrected chi connectivity index (χ0v) is 12.6. The average molecular weight is 275 g/mol. The fourth-order valence-electron chi connectivity index (χ4n) is 2.64. The first-order chi connectivity index (χ1) is 9.65. The van der Waals surface area contributed by atoms with Crippen LogP contribution in [0.4, 0.5) is 0 Å². The van der Waals surface area contributed by atoms with Gasteiger partial charge in [-0.25, -0.2) is 4.98 Å². The van der Waals surface area contributed by atoms with Gasteiger partial charge in [0.2, 0.25) is 0 Å². The summed E-state index contributed by atoms with van der Waals surface area (Å²) < 4.78 is 2.23. The topological polar surface area (TPSA) is 50.1 Å². The molecule has 2 N–H and O–H groups in total. The lowest BCUT2D eigenvalue weighted by atomic mass is 10.0. The molecular formula is C16H25N3O. The largest absolute Gasteiger partial charge is 0.395 e. The number of aryl methyl sites for hydroxylation is 1. The van der Waals surface area contributed by atoms with E-state index in [0.29, 0.717) is 12.5 Å². The third-order valence-corrected chi connectivity index (χ3v) is 3.57. The highest BCUT2D eigenvalue weighted by Gasteiger charge is 2.13. The minimum Gasteiger partial charge on any atom is -0.395 e. The number of aromatic nitrogens is 2. The highest BCUT2D eigenvalue weighted by molar-refractivity contribution is 5.75. The Balaban J connectivity index is 2.12. The number of nitrogens with one attached hydrogen (secondary N) is 1. The number of aliphatic hydroxyl groups excluding tert-OH is 1. The lowest BCUT2D eigenvalue weighted by Crippen LogP contribution is -2.34. The van der Waals surface area contributed by atoms with Crippen molar-refractivity contribution < 1.29 is 5.11 Å². The first-order valence-corrected chi connectivity index (χ1v) is 7.44. The molecule has 1 atom stereocenters. The molecule has 0 saturated heterocycles. The Kier molecular flexibility index (Phi) is 5.15. The van der Waals surface area contributed by atoms with Crippen LogP contribution in [0.25, 0.3) is 11.0 Å². The molecule has 1 aromatic heterocycles. The zero-order valence-electron chi connectivity index (χ0n) is 12.6. The van der Waals surface area contributed by atoms with Gasteiger partial charge < -0.3 is 15.0 Å². The standard InChI is InChI=1S/C16H25N3O/c1-4-19-15-8-6-5-7-14(15)18-16(19)10-17-13(11-20)9-12(2)3/h5-8,12-13,17,20H,4,9-11H2,1-3H3. The number of benzene rings is 1. The molecular weight excluding hydrogens is 250 g/mol. The fourth-order valence-corrected chi connectivity index (χ4v) is 2.64. The van der Waals surface area contributed by atoms with Crippen molar-refractivity contribution in [1.29, 1.82) is 0 Å². The van der Waals surface area contributed by atoms with Crippen LogP contribution in [-0.4, -0.2) is 27.3 Å². The molecule has 20 heavy (non-hydrogen) atoms. The second-order valence-electron chi connectivity index (χ2n) is 5.65. The van der Waals surface area contributed by atoms with Crippen LogP contribution in [0.5, 0.6) is 0 Å². The smallest absolute Gasteiger partial charge is 0.123 e. The van der Waals surface area contributed by atoms with Crippen molar-refractivity contribution >= 4 is 11.0 Å². The maximum atomic E-state index is 9.43. The fraction of sp³-hybridized carbons (Fsp3) is 0.562. The molecule has 0 aliphatic rings. The van der Waals surface area contributed by atoms with Gasteiger partial charge in [0, 0.05) is 12.6 Å². The maximum absolute atomic E-state index is 9.43. The number of fused-ring (bicyclic) bond motifs is 1. The van der Waals surface area contributed by atoms with Gasteiger partial charge in [0.15, 0.2) is 0 Å². The molecule has 0 aliphatic carbocycles. The van der Waals surface area contributed by atoms with Gasteiger partial charge >= 0.3 is 0 Å². The van der Waals surface area contributed by atoms with Gasteiger partial charge in [-0.15, -0.1) is 0 Å². The molecule has 1 heterocycles. The monoisotopic (exact) mass is 275 g/mol. The molecule has 0 fully saturated rings. The highest BCUT2D eigenvalue weighted by Crippen LogP contribution is 2.16. The van der Waals surface area contributed by atoms with E-state index in [4.69, 9.17) is 0 Å². The number of aliphatic hydroxyl groups is 1. The van der Waals surface area contributed by atoms with E-state index in [9.17, 15) is 5.11 Å². The summed E-state index contributed by atoms with van der Waals surface area (Å²) in [7, 11) is 0. The van der Waals surface area contributed by atoms with Crippen molar-refractivity contribution in [2.24, 2.45) is 5.92 Å². The Morgan fingerprint density at radius 3 is 2.70 bits per heavy atom. The first kappa shape index (κ1) is 15.0. The van der Waals surface area contributed by atoms with Crippen molar-refractivity contribution in [1.82, 2.24) is 14.9 Å². The van der Waals surface area contributed by atoms with E-state index in [0.717, 1.165) is 24.3 Å². The van der Waals surface area contributed by atoms with Gasteiger partial charge in [0.1, 0.15) is 5.82 Å². The van der Waals surface area contributed by atoms with Gasteiger partial charge in [0.25, 0.3) is 0 Å². The van der Waals surface area contributed by atoms with E-state index in [1.54, 1.807) is 0 Å². The Morgan fingerprint density at radius 2 is 2.05 bits per heavy atom. The average Bonchev–Trinajstić information content (AvgIpc) is 2.80. The summed E-state index contributed by atoms with van der Waals surface area (Å²) in [6, 6.07) is 8.35. The number of hydrogen-bond acceptors (Lipinski definition) is 3. The van der Waals surface area contributed by atoms with Gasteiger partial charge in [-0.1, -0.05) is 26.0 Å². The lowest BCUT2D eigenvalue weighted by molar-refractivity contribution is 0.222. The van der Waals surface area contributed by atoms with Crippen molar-refractivity contribution in [2.75, 3.05) is 6.61 Å². The van der Waals surface area contributed by atoms with E-state index < -0.39 is 0 Å². The molecule has 4 heteroatoms. The Hall–Kier alpha value is -1.39.